The zero-order valence-electron chi connectivity index (χ0n) is 14.1. The molecule has 0 aromatic heterocycles. The molecule has 3 unspecified atom stereocenters. The molecule has 0 amide bonds. The predicted octanol–water partition coefficient (Wildman–Crippen LogP) is 4.02. The van der Waals surface area contributed by atoms with Crippen molar-refractivity contribution in [2.75, 3.05) is 6.61 Å². The third kappa shape index (κ3) is 8.14. The SMILES string of the molecule is CCCCCCCCCCC(=O)OC1CCC(C[O])CC1O. The Hall–Kier alpha value is -0.610. The van der Waals surface area contributed by atoms with E-state index < -0.39 is 12.2 Å². The molecular formula is C18H33O4. The molecule has 3 atom stereocenters. The summed E-state index contributed by atoms with van der Waals surface area (Å²) >= 11 is 0. The van der Waals surface area contributed by atoms with Gasteiger partial charge in [-0.15, -0.1) is 0 Å². The van der Waals surface area contributed by atoms with Crippen molar-refractivity contribution in [3.8, 4) is 0 Å². The molecule has 0 aliphatic heterocycles. The largest absolute Gasteiger partial charge is 0.460 e. The monoisotopic (exact) mass is 313 g/mol. The van der Waals surface area contributed by atoms with E-state index in [9.17, 15) is 15.0 Å². The number of unbranched alkanes of at least 4 members (excludes halogenated alkanes) is 7. The maximum absolute atomic E-state index is 11.8. The Balaban J connectivity index is 2.01. The predicted molar refractivity (Wildman–Crippen MR) is 86.0 cm³/mol. The van der Waals surface area contributed by atoms with Gasteiger partial charge in [-0.3, -0.25) is 4.79 Å². The molecule has 0 aromatic carbocycles. The lowest BCUT2D eigenvalue weighted by molar-refractivity contribution is -0.159. The fraction of sp³-hybridized carbons (Fsp3) is 0.944. The summed E-state index contributed by atoms with van der Waals surface area (Å²) in [6.45, 7) is 2.08. The van der Waals surface area contributed by atoms with Crippen molar-refractivity contribution < 1.29 is 19.7 Å². The van der Waals surface area contributed by atoms with Crippen LogP contribution in [0.15, 0.2) is 0 Å². The second-order valence-corrected chi connectivity index (χ2v) is 6.67. The van der Waals surface area contributed by atoms with Crippen molar-refractivity contribution in [1.29, 1.82) is 0 Å². The number of hydrogen-bond acceptors (Lipinski definition) is 3. The number of aliphatic hydroxyl groups excluding tert-OH is 1. The van der Waals surface area contributed by atoms with E-state index in [2.05, 4.69) is 6.92 Å². The van der Waals surface area contributed by atoms with Crippen LogP contribution in [0.2, 0.25) is 0 Å². The summed E-state index contributed by atoms with van der Waals surface area (Å²) in [4.78, 5) is 11.8. The molecule has 129 valence electrons. The van der Waals surface area contributed by atoms with E-state index in [-0.39, 0.29) is 18.5 Å². The summed E-state index contributed by atoms with van der Waals surface area (Å²) in [5.74, 6) is -0.159. The normalized spacial score (nSPS) is 25.1. The topological polar surface area (TPSA) is 66.4 Å². The highest BCUT2D eigenvalue weighted by atomic mass is 16.6. The van der Waals surface area contributed by atoms with Crippen molar-refractivity contribution in [1.82, 2.24) is 0 Å². The zero-order chi connectivity index (χ0) is 16.2. The van der Waals surface area contributed by atoms with Gasteiger partial charge in [0.25, 0.3) is 0 Å². The van der Waals surface area contributed by atoms with Crippen LogP contribution in [0.4, 0.5) is 0 Å². The van der Waals surface area contributed by atoms with Crippen molar-refractivity contribution in [3.05, 3.63) is 0 Å². The number of aliphatic hydroxyl groups is 1. The van der Waals surface area contributed by atoms with E-state index in [4.69, 9.17) is 4.74 Å². The fourth-order valence-electron chi connectivity index (χ4n) is 3.12. The van der Waals surface area contributed by atoms with E-state index in [0.29, 0.717) is 19.3 Å². The molecule has 1 saturated carbocycles. The third-order valence-corrected chi connectivity index (χ3v) is 4.62. The minimum Gasteiger partial charge on any atom is -0.460 e. The first-order valence-corrected chi connectivity index (χ1v) is 9.13. The van der Waals surface area contributed by atoms with Crippen LogP contribution in [-0.4, -0.2) is 29.9 Å². The average Bonchev–Trinajstić information content (AvgIpc) is 2.52. The molecule has 4 nitrogen and oxygen atoms in total. The van der Waals surface area contributed by atoms with Crippen LogP contribution in [0.3, 0.4) is 0 Å². The lowest BCUT2D eigenvalue weighted by atomic mass is 9.86. The van der Waals surface area contributed by atoms with E-state index in [1.54, 1.807) is 0 Å². The number of carbonyl (C=O) groups is 1. The van der Waals surface area contributed by atoms with Gasteiger partial charge in [0, 0.05) is 6.42 Å². The number of carbonyl (C=O) groups excluding carboxylic acids is 1. The van der Waals surface area contributed by atoms with Gasteiger partial charge < -0.3 is 9.84 Å². The summed E-state index contributed by atoms with van der Waals surface area (Å²) in [6.07, 6.45) is 10.9. The Labute approximate surface area is 135 Å². The van der Waals surface area contributed by atoms with E-state index >= 15 is 0 Å². The van der Waals surface area contributed by atoms with E-state index in [0.717, 1.165) is 19.3 Å². The van der Waals surface area contributed by atoms with Crippen molar-refractivity contribution in [2.24, 2.45) is 5.92 Å². The Morgan fingerprint density at radius 1 is 1.05 bits per heavy atom. The standard InChI is InChI=1S/C18H33O4/c1-2-3-4-5-6-7-8-9-10-18(21)22-17-12-11-15(14-19)13-16(17)20/h15-17,20H,2-14H2,1H3. The van der Waals surface area contributed by atoms with Gasteiger partial charge in [0.05, 0.1) is 12.7 Å². The molecule has 0 spiro atoms. The maximum Gasteiger partial charge on any atom is 0.306 e. The van der Waals surface area contributed by atoms with Crippen LogP contribution in [-0.2, 0) is 14.6 Å². The van der Waals surface area contributed by atoms with E-state index in [1.807, 2.05) is 0 Å². The van der Waals surface area contributed by atoms with Gasteiger partial charge in [-0.05, 0) is 31.6 Å². The number of ether oxygens (including phenoxy) is 1. The van der Waals surface area contributed by atoms with Gasteiger partial charge >= 0.3 is 5.97 Å². The molecule has 22 heavy (non-hydrogen) atoms. The quantitative estimate of drug-likeness (QED) is 0.463. The van der Waals surface area contributed by atoms with Crippen molar-refractivity contribution >= 4 is 5.97 Å². The highest BCUT2D eigenvalue weighted by Crippen LogP contribution is 2.26. The number of rotatable bonds is 11. The zero-order valence-corrected chi connectivity index (χ0v) is 14.1. The lowest BCUT2D eigenvalue weighted by Crippen LogP contribution is -2.38. The highest BCUT2D eigenvalue weighted by molar-refractivity contribution is 5.69. The molecule has 1 fully saturated rings. The number of esters is 1. The molecule has 0 heterocycles. The molecule has 0 aromatic rings. The van der Waals surface area contributed by atoms with Crippen LogP contribution in [0, 0.1) is 5.92 Å². The average molecular weight is 313 g/mol. The molecular weight excluding hydrogens is 280 g/mol. The summed E-state index contributed by atoms with van der Waals surface area (Å²) < 4.78 is 5.37. The van der Waals surface area contributed by atoms with Crippen LogP contribution in [0.1, 0.15) is 84.0 Å². The molecule has 0 saturated heterocycles. The molecule has 1 N–H and O–H groups in total. The Morgan fingerprint density at radius 2 is 1.68 bits per heavy atom. The van der Waals surface area contributed by atoms with Crippen LogP contribution >= 0.6 is 0 Å². The summed E-state index contributed by atoms with van der Waals surface area (Å²) in [5.41, 5.74) is 0. The summed E-state index contributed by atoms with van der Waals surface area (Å²) in [7, 11) is 0. The second-order valence-electron chi connectivity index (χ2n) is 6.67. The number of hydrogen-bond donors (Lipinski definition) is 1. The first-order valence-electron chi connectivity index (χ1n) is 9.13. The van der Waals surface area contributed by atoms with Crippen LogP contribution in [0.25, 0.3) is 0 Å². The Bertz CT molecular complexity index is 293. The molecule has 4 heteroatoms. The molecule has 1 aliphatic carbocycles. The van der Waals surface area contributed by atoms with Gasteiger partial charge in [0.15, 0.2) is 0 Å². The minimum absolute atomic E-state index is 0.0395. The summed E-state index contributed by atoms with van der Waals surface area (Å²) in [5, 5.41) is 20.7. The van der Waals surface area contributed by atoms with Gasteiger partial charge in [0.1, 0.15) is 6.10 Å². The van der Waals surface area contributed by atoms with Crippen LogP contribution in [0.5, 0.6) is 0 Å². The van der Waals surface area contributed by atoms with Gasteiger partial charge in [-0.2, -0.15) is 0 Å². The lowest BCUT2D eigenvalue weighted by Gasteiger charge is -2.31. The second kappa shape index (κ2) is 11.9. The smallest absolute Gasteiger partial charge is 0.306 e. The molecule has 0 bridgehead atoms. The summed E-state index contributed by atoms with van der Waals surface area (Å²) in [6, 6.07) is 0. The maximum atomic E-state index is 11.8. The van der Waals surface area contributed by atoms with Crippen LogP contribution < -0.4 is 0 Å². The third-order valence-electron chi connectivity index (χ3n) is 4.62. The van der Waals surface area contributed by atoms with Crippen molar-refractivity contribution in [3.63, 3.8) is 0 Å². The minimum atomic E-state index is -0.657. The van der Waals surface area contributed by atoms with Gasteiger partial charge in [0.2, 0.25) is 0 Å². The first-order chi connectivity index (χ1) is 10.7. The fourth-order valence-corrected chi connectivity index (χ4v) is 3.12. The highest BCUT2D eigenvalue weighted by Gasteiger charge is 2.31. The molecule has 1 rings (SSSR count). The Morgan fingerprint density at radius 3 is 2.27 bits per heavy atom. The van der Waals surface area contributed by atoms with Gasteiger partial charge in [-0.25, -0.2) is 5.11 Å². The van der Waals surface area contributed by atoms with Gasteiger partial charge in [-0.1, -0.05) is 51.9 Å². The Kier molecular flexibility index (Phi) is 10.5. The molecule has 1 aliphatic rings. The first kappa shape index (κ1) is 19.4. The molecule has 1 radical (unpaired) electrons. The van der Waals surface area contributed by atoms with Crippen molar-refractivity contribution in [2.45, 2.75) is 96.2 Å². The van der Waals surface area contributed by atoms with E-state index in [1.165, 1.54) is 38.5 Å².